The minimum atomic E-state index is -0.241. The van der Waals surface area contributed by atoms with Gasteiger partial charge in [-0.3, -0.25) is 14.5 Å². The summed E-state index contributed by atoms with van der Waals surface area (Å²) in [5.74, 6) is -0.0784. The van der Waals surface area contributed by atoms with E-state index in [9.17, 15) is 9.59 Å². The molecule has 1 heterocycles. The number of thiocarbonyl (C=S) groups is 1. The molecule has 1 saturated heterocycles. The van der Waals surface area contributed by atoms with E-state index in [1.165, 1.54) is 17.3 Å². The first-order valence-corrected chi connectivity index (χ1v) is 10.1. The number of hydrogen-bond donors (Lipinski definition) is 1. The fourth-order valence-electron chi connectivity index (χ4n) is 2.57. The van der Waals surface area contributed by atoms with Gasteiger partial charge in [0.15, 0.2) is 0 Å². The third kappa shape index (κ3) is 5.95. The van der Waals surface area contributed by atoms with Gasteiger partial charge in [0, 0.05) is 18.5 Å². The van der Waals surface area contributed by atoms with Gasteiger partial charge in [-0.1, -0.05) is 55.2 Å². The van der Waals surface area contributed by atoms with Crippen molar-refractivity contribution in [2.24, 2.45) is 0 Å². The highest BCUT2D eigenvalue weighted by atomic mass is 32.2. The Morgan fingerprint density at radius 2 is 1.92 bits per heavy atom. The predicted octanol–water partition coefficient (Wildman–Crippen LogP) is 4.15. The lowest BCUT2D eigenvalue weighted by molar-refractivity contribution is -0.124. The molecule has 1 aliphatic rings. The lowest BCUT2D eigenvalue weighted by atomic mass is 10.1. The zero-order chi connectivity index (χ0) is 19.3. The molecule has 140 valence electrons. The van der Waals surface area contributed by atoms with Crippen LogP contribution in [0.25, 0.3) is 6.08 Å². The van der Waals surface area contributed by atoms with Crippen molar-refractivity contribution in [2.75, 3.05) is 6.54 Å². The van der Waals surface area contributed by atoms with Crippen molar-refractivity contribution in [2.45, 2.75) is 52.5 Å². The zero-order valence-corrected chi connectivity index (χ0v) is 17.4. The number of hydrogen-bond acceptors (Lipinski definition) is 4. The molecule has 1 fully saturated rings. The standard InChI is InChI=1S/C20H26N2O2S2/c1-5-14-8-10-15(11-9-14)13-16-18(24)22(19(25)26-16)12-6-7-17(23)21-20(2,3)4/h8-11,13H,5-7,12H2,1-4H3,(H,21,23)/b16-13-. The molecule has 2 amide bonds. The summed E-state index contributed by atoms with van der Waals surface area (Å²) in [5, 5.41) is 2.93. The van der Waals surface area contributed by atoms with Gasteiger partial charge in [-0.25, -0.2) is 0 Å². The molecule has 4 nitrogen and oxygen atoms in total. The summed E-state index contributed by atoms with van der Waals surface area (Å²) in [7, 11) is 0. The van der Waals surface area contributed by atoms with Crippen molar-refractivity contribution >= 4 is 46.2 Å². The van der Waals surface area contributed by atoms with E-state index < -0.39 is 0 Å². The van der Waals surface area contributed by atoms with E-state index in [0.717, 1.165) is 12.0 Å². The quantitative estimate of drug-likeness (QED) is 0.586. The molecule has 0 aromatic heterocycles. The van der Waals surface area contributed by atoms with Crippen LogP contribution in [0.1, 0.15) is 51.7 Å². The molecule has 1 aromatic rings. The lowest BCUT2D eigenvalue weighted by Gasteiger charge is -2.21. The second-order valence-electron chi connectivity index (χ2n) is 7.33. The number of nitrogens with one attached hydrogen (secondary N) is 1. The number of carbonyl (C=O) groups is 2. The summed E-state index contributed by atoms with van der Waals surface area (Å²) >= 11 is 6.67. The first-order valence-electron chi connectivity index (χ1n) is 8.85. The van der Waals surface area contributed by atoms with Crippen LogP contribution >= 0.6 is 24.0 Å². The van der Waals surface area contributed by atoms with Crippen molar-refractivity contribution < 1.29 is 9.59 Å². The van der Waals surface area contributed by atoms with Crippen LogP contribution in [-0.2, 0) is 16.0 Å². The molecule has 0 bridgehead atoms. The largest absolute Gasteiger partial charge is 0.352 e. The van der Waals surface area contributed by atoms with Crippen LogP contribution in [0.4, 0.5) is 0 Å². The summed E-state index contributed by atoms with van der Waals surface area (Å²) in [6.07, 6.45) is 3.84. The van der Waals surface area contributed by atoms with Crippen molar-refractivity contribution in [1.82, 2.24) is 10.2 Å². The summed E-state index contributed by atoms with van der Waals surface area (Å²) in [4.78, 5) is 26.7. The first-order chi connectivity index (χ1) is 12.2. The highest BCUT2D eigenvalue weighted by Gasteiger charge is 2.31. The van der Waals surface area contributed by atoms with Crippen LogP contribution in [0, 0.1) is 0 Å². The van der Waals surface area contributed by atoms with Crippen LogP contribution in [0.5, 0.6) is 0 Å². The van der Waals surface area contributed by atoms with Crippen LogP contribution in [0.3, 0.4) is 0 Å². The van der Waals surface area contributed by atoms with Crippen LogP contribution in [-0.4, -0.2) is 33.1 Å². The van der Waals surface area contributed by atoms with Gasteiger partial charge in [0.1, 0.15) is 4.32 Å². The monoisotopic (exact) mass is 390 g/mol. The van der Waals surface area contributed by atoms with Gasteiger partial charge >= 0.3 is 0 Å². The fraction of sp³-hybridized carbons (Fsp3) is 0.450. The first kappa shape index (κ1) is 20.6. The fourth-order valence-corrected chi connectivity index (χ4v) is 3.88. The summed E-state index contributed by atoms with van der Waals surface area (Å²) < 4.78 is 0.558. The van der Waals surface area contributed by atoms with Crippen molar-refractivity contribution in [3.63, 3.8) is 0 Å². The Kier molecular flexibility index (Phi) is 7.01. The number of carbonyl (C=O) groups excluding carboxylic acids is 2. The van der Waals surface area contributed by atoms with Crippen LogP contribution in [0.2, 0.25) is 0 Å². The predicted molar refractivity (Wildman–Crippen MR) is 113 cm³/mol. The molecule has 2 rings (SSSR count). The van der Waals surface area contributed by atoms with E-state index in [1.54, 1.807) is 4.90 Å². The number of amides is 2. The zero-order valence-electron chi connectivity index (χ0n) is 15.8. The summed E-state index contributed by atoms with van der Waals surface area (Å²) in [6.45, 7) is 8.43. The Labute approximate surface area is 165 Å². The highest BCUT2D eigenvalue weighted by molar-refractivity contribution is 8.26. The Balaban J connectivity index is 1.93. The normalized spacial score (nSPS) is 16.5. The SMILES string of the molecule is CCc1ccc(/C=C2\SC(=S)N(CCCC(=O)NC(C)(C)C)C2=O)cc1. The molecule has 26 heavy (non-hydrogen) atoms. The Bertz CT molecular complexity index is 718. The van der Waals surface area contributed by atoms with Crippen molar-refractivity contribution in [3.05, 3.63) is 40.3 Å². The summed E-state index contributed by atoms with van der Waals surface area (Å²) in [6, 6.07) is 8.17. The maximum atomic E-state index is 12.6. The van der Waals surface area contributed by atoms with E-state index in [2.05, 4.69) is 24.4 Å². The van der Waals surface area contributed by atoms with Gasteiger partial charge in [0.25, 0.3) is 5.91 Å². The molecule has 0 unspecified atom stereocenters. The number of thioether (sulfide) groups is 1. The minimum absolute atomic E-state index is 0.00510. The smallest absolute Gasteiger partial charge is 0.266 e. The summed E-state index contributed by atoms with van der Waals surface area (Å²) in [5.41, 5.74) is 2.02. The Morgan fingerprint density at radius 1 is 1.27 bits per heavy atom. The third-order valence-electron chi connectivity index (χ3n) is 3.86. The maximum Gasteiger partial charge on any atom is 0.266 e. The molecular formula is C20H26N2O2S2. The van der Waals surface area contributed by atoms with Crippen LogP contribution < -0.4 is 5.32 Å². The molecular weight excluding hydrogens is 364 g/mol. The van der Waals surface area contributed by atoms with E-state index in [0.29, 0.717) is 28.6 Å². The molecule has 0 saturated carbocycles. The van der Waals surface area contributed by atoms with E-state index in [1.807, 2.05) is 39.0 Å². The number of aryl methyl sites for hydroxylation is 1. The van der Waals surface area contributed by atoms with Gasteiger partial charge in [-0.05, 0) is 50.8 Å². The van der Waals surface area contributed by atoms with Gasteiger partial charge < -0.3 is 5.32 Å². The molecule has 0 radical (unpaired) electrons. The molecule has 1 aromatic carbocycles. The van der Waals surface area contributed by atoms with Gasteiger partial charge in [-0.2, -0.15) is 0 Å². The molecule has 0 aliphatic carbocycles. The topological polar surface area (TPSA) is 49.4 Å². The average molecular weight is 391 g/mol. The van der Waals surface area contributed by atoms with Gasteiger partial charge in [-0.15, -0.1) is 0 Å². The molecule has 1 aliphatic heterocycles. The Morgan fingerprint density at radius 3 is 2.50 bits per heavy atom. The number of rotatable bonds is 6. The molecule has 6 heteroatoms. The second kappa shape index (κ2) is 8.82. The van der Waals surface area contributed by atoms with Gasteiger partial charge in [0.2, 0.25) is 5.91 Å². The third-order valence-corrected chi connectivity index (χ3v) is 5.24. The van der Waals surface area contributed by atoms with Crippen LogP contribution in [0.15, 0.2) is 29.2 Å². The molecule has 0 spiro atoms. The Hall–Kier alpha value is -1.66. The number of nitrogens with zero attached hydrogens (tertiary/aromatic N) is 1. The van der Waals surface area contributed by atoms with E-state index in [-0.39, 0.29) is 17.4 Å². The average Bonchev–Trinajstić information content (AvgIpc) is 2.81. The van der Waals surface area contributed by atoms with Crippen molar-refractivity contribution in [1.29, 1.82) is 0 Å². The van der Waals surface area contributed by atoms with Crippen molar-refractivity contribution in [3.8, 4) is 0 Å². The lowest BCUT2D eigenvalue weighted by Crippen LogP contribution is -2.40. The maximum absolute atomic E-state index is 12.6. The minimum Gasteiger partial charge on any atom is -0.352 e. The molecule has 0 atom stereocenters. The highest BCUT2D eigenvalue weighted by Crippen LogP contribution is 2.32. The second-order valence-corrected chi connectivity index (χ2v) is 9.01. The van der Waals surface area contributed by atoms with E-state index in [4.69, 9.17) is 12.2 Å². The van der Waals surface area contributed by atoms with Gasteiger partial charge in [0.05, 0.1) is 4.91 Å². The number of benzene rings is 1. The van der Waals surface area contributed by atoms with E-state index >= 15 is 0 Å². The molecule has 1 N–H and O–H groups in total.